The van der Waals surface area contributed by atoms with Gasteiger partial charge in [-0.15, -0.1) is 0 Å². The van der Waals surface area contributed by atoms with Crippen molar-refractivity contribution in [3.63, 3.8) is 0 Å². The number of nitrogens with one attached hydrogen (secondary N) is 1. The molecule has 1 aliphatic rings. The fourth-order valence-corrected chi connectivity index (χ4v) is 3.27. The summed E-state index contributed by atoms with van der Waals surface area (Å²) >= 11 is 0. The van der Waals surface area contributed by atoms with Gasteiger partial charge in [-0.3, -0.25) is 9.59 Å². The summed E-state index contributed by atoms with van der Waals surface area (Å²) in [6, 6.07) is 14.3. The Balaban J connectivity index is 1.76. The van der Waals surface area contributed by atoms with E-state index in [4.69, 9.17) is 4.74 Å². The molecule has 2 aromatic rings. The highest BCUT2D eigenvalue weighted by Gasteiger charge is 2.21. The number of carbonyl (C=O) groups is 2. The van der Waals surface area contributed by atoms with E-state index in [2.05, 4.69) is 12.2 Å². The van der Waals surface area contributed by atoms with E-state index >= 15 is 0 Å². The van der Waals surface area contributed by atoms with E-state index in [9.17, 15) is 9.59 Å². The van der Waals surface area contributed by atoms with Crippen molar-refractivity contribution in [2.24, 2.45) is 0 Å². The van der Waals surface area contributed by atoms with Crippen LogP contribution in [0.15, 0.2) is 48.5 Å². The third kappa shape index (κ3) is 4.91. The third-order valence-corrected chi connectivity index (χ3v) is 5.06. The summed E-state index contributed by atoms with van der Waals surface area (Å²) in [5.41, 5.74) is 1.57. The average molecular weight is 380 g/mol. The van der Waals surface area contributed by atoms with Gasteiger partial charge in [0.05, 0.1) is 17.4 Å². The minimum Gasteiger partial charge on any atom is -0.491 e. The third-order valence-electron chi connectivity index (χ3n) is 5.06. The molecular formula is C23H28N2O3. The number of rotatable bonds is 6. The van der Waals surface area contributed by atoms with E-state index in [0.29, 0.717) is 22.6 Å². The highest BCUT2D eigenvalue weighted by Crippen LogP contribution is 2.22. The first-order valence-electron chi connectivity index (χ1n) is 10.0. The number of para-hydroxylation sites is 1. The largest absolute Gasteiger partial charge is 0.491 e. The summed E-state index contributed by atoms with van der Waals surface area (Å²) in [6.45, 7) is 5.60. The zero-order valence-corrected chi connectivity index (χ0v) is 16.6. The van der Waals surface area contributed by atoms with E-state index in [0.717, 1.165) is 38.8 Å². The van der Waals surface area contributed by atoms with Gasteiger partial charge in [0, 0.05) is 18.7 Å². The van der Waals surface area contributed by atoms with Gasteiger partial charge in [-0.25, -0.2) is 0 Å². The Labute approximate surface area is 166 Å². The van der Waals surface area contributed by atoms with Gasteiger partial charge in [-0.05, 0) is 62.9 Å². The van der Waals surface area contributed by atoms with Gasteiger partial charge in [0.2, 0.25) is 0 Å². The van der Waals surface area contributed by atoms with Crippen molar-refractivity contribution in [1.82, 2.24) is 4.90 Å². The van der Waals surface area contributed by atoms with Gasteiger partial charge >= 0.3 is 0 Å². The molecule has 1 unspecified atom stereocenters. The Morgan fingerprint density at radius 1 is 1.07 bits per heavy atom. The van der Waals surface area contributed by atoms with Crippen LogP contribution in [0.3, 0.4) is 0 Å². The summed E-state index contributed by atoms with van der Waals surface area (Å²) in [4.78, 5) is 27.6. The molecule has 148 valence electrons. The Hall–Kier alpha value is -2.82. The molecule has 28 heavy (non-hydrogen) atoms. The van der Waals surface area contributed by atoms with Gasteiger partial charge in [-0.1, -0.05) is 25.1 Å². The molecule has 0 bridgehead atoms. The zero-order chi connectivity index (χ0) is 19.9. The predicted octanol–water partition coefficient (Wildman–Crippen LogP) is 4.74. The Bertz CT molecular complexity index is 828. The lowest BCUT2D eigenvalue weighted by molar-refractivity contribution is 0.0725. The van der Waals surface area contributed by atoms with E-state index in [-0.39, 0.29) is 17.9 Å². The number of hydrogen-bond acceptors (Lipinski definition) is 3. The van der Waals surface area contributed by atoms with Gasteiger partial charge in [0.15, 0.2) is 0 Å². The minimum atomic E-state index is -0.256. The van der Waals surface area contributed by atoms with Crippen LogP contribution in [-0.4, -0.2) is 35.9 Å². The monoisotopic (exact) mass is 380 g/mol. The summed E-state index contributed by atoms with van der Waals surface area (Å²) in [7, 11) is 0. The minimum absolute atomic E-state index is 0.0237. The lowest BCUT2D eigenvalue weighted by atomic mass is 10.1. The van der Waals surface area contributed by atoms with Crippen molar-refractivity contribution in [3.8, 4) is 5.75 Å². The quantitative estimate of drug-likeness (QED) is 0.787. The maximum absolute atomic E-state index is 12.9. The van der Waals surface area contributed by atoms with Gasteiger partial charge in [-0.2, -0.15) is 0 Å². The van der Waals surface area contributed by atoms with E-state index in [1.54, 1.807) is 30.3 Å². The lowest BCUT2D eigenvalue weighted by Gasteiger charge is -2.27. The van der Waals surface area contributed by atoms with Crippen LogP contribution in [0.5, 0.6) is 5.75 Å². The Morgan fingerprint density at radius 2 is 1.82 bits per heavy atom. The van der Waals surface area contributed by atoms with Crippen LogP contribution in [0, 0.1) is 0 Å². The summed E-state index contributed by atoms with van der Waals surface area (Å²) in [5, 5.41) is 2.90. The molecule has 2 aromatic carbocycles. The number of nitrogens with zero attached hydrogens (tertiary/aromatic N) is 1. The first-order valence-corrected chi connectivity index (χ1v) is 10.0. The number of ether oxygens (including phenoxy) is 1. The molecule has 0 saturated carbocycles. The Morgan fingerprint density at radius 3 is 2.57 bits per heavy atom. The maximum Gasteiger partial charge on any atom is 0.255 e. The zero-order valence-electron chi connectivity index (χ0n) is 16.6. The average Bonchev–Trinajstić information content (AvgIpc) is 2.74. The van der Waals surface area contributed by atoms with Crippen LogP contribution in [-0.2, 0) is 0 Å². The standard InChI is InChI=1S/C23H28N2O3/c1-3-17(2)28-19-11-9-10-18(16-19)22(26)24-21-13-6-5-12-20(21)23(27)25-14-7-4-8-15-25/h5-6,9-13,16-17H,3-4,7-8,14-15H2,1-2H3,(H,24,26). The maximum atomic E-state index is 12.9. The molecule has 1 aliphatic heterocycles. The second-order valence-electron chi connectivity index (χ2n) is 7.22. The van der Waals surface area contributed by atoms with Crippen molar-refractivity contribution < 1.29 is 14.3 Å². The predicted molar refractivity (Wildman–Crippen MR) is 111 cm³/mol. The van der Waals surface area contributed by atoms with Gasteiger partial charge < -0.3 is 15.0 Å². The molecule has 3 rings (SSSR count). The molecule has 0 radical (unpaired) electrons. The number of benzene rings is 2. The van der Waals surface area contributed by atoms with E-state index < -0.39 is 0 Å². The van der Waals surface area contributed by atoms with Crippen LogP contribution < -0.4 is 10.1 Å². The normalized spacial score (nSPS) is 15.0. The highest BCUT2D eigenvalue weighted by atomic mass is 16.5. The SMILES string of the molecule is CCC(C)Oc1cccc(C(=O)Nc2ccccc2C(=O)N2CCCCC2)c1. The van der Waals surface area contributed by atoms with Crippen LogP contribution in [0.1, 0.15) is 60.2 Å². The van der Waals surface area contributed by atoms with Crippen molar-refractivity contribution in [2.45, 2.75) is 45.6 Å². The molecular weight excluding hydrogens is 352 g/mol. The molecule has 0 aromatic heterocycles. The Kier molecular flexibility index (Phi) is 6.69. The first-order chi connectivity index (χ1) is 13.6. The highest BCUT2D eigenvalue weighted by molar-refractivity contribution is 6.09. The second kappa shape index (κ2) is 9.40. The summed E-state index contributed by atoms with van der Waals surface area (Å²) < 4.78 is 5.81. The second-order valence-corrected chi connectivity index (χ2v) is 7.22. The van der Waals surface area contributed by atoms with Crippen molar-refractivity contribution >= 4 is 17.5 Å². The summed E-state index contributed by atoms with van der Waals surface area (Å²) in [5.74, 6) is 0.387. The van der Waals surface area contributed by atoms with Crippen LogP contribution in [0.2, 0.25) is 0 Å². The summed E-state index contributed by atoms with van der Waals surface area (Å²) in [6.07, 6.45) is 4.20. The molecule has 0 spiro atoms. The van der Waals surface area contributed by atoms with Crippen LogP contribution in [0.4, 0.5) is 5.69 Å². The van der Waals surface area contributed by atoms with Gasteiger partial charge in [0.25, 0.3) is 11.8 Å². The number of carbonyl (C=O) groups excluding carboxylic acids is 2. The molecule has 1 saturated heterocycles. The number of hydrogen-bond donors (Lipinski definition) is 1. The smallest absolute Gasteiger partial charge is 0.255 e. The molecule has 5 nitrogen and oxygen atoms in total. The fourth-order valence-electron chi connectivity index (χ4n) is 3.27. The fraction of sp³-hybridized carbons (Fsp3) is 0.391. The van der Waals surface area contributed by atoms with Crippen molar-refractivity contribution in [2.75, 3.05) is 18.4 Å². The number of amides is 2. The molecule has 1 N–H and O–H groups in total. The van der Waals surface area contributed by atoms with Gasteiger partial charge in [0.1, 0.15) is 5.75 Å². The molecule has 1 fully saturated rings. The topological polar surface area (TPSA) is 58.6 Å². The molecule has 1 atom stereocenters. The van der Waals surface area contributed by atoms with Crippen molar-refractivity contribution in [3.05, 3.63) is 59.7 Å². The van der Waals surface area contributed by atoms with Crippen LogP contribution in [0.25, 0.3) is 0 Å². The molecule has 0 aliphatic carbocycles. The first kappa shape index (κ1) is 19.9. The number of piperidine rings is 1. The lowest BCUT2D eigenvalue weighted by Crippen LogP contribution is -2.36. The van der Waals surface area contributed by atoms with Crippen LogP contribution >= 0.6 is 0 Å². The van der Waals surface area contributed by atoms with E-state index in [1.807, 2.05) is 30.0 Å². The molecule has 2 amide bonds. The molecule has 5 heteroatoms. The van der Waals surface area contributed by atoms with Crippen molar-refractivity contribution in [1.29, 1.82) is 0 Å². The number of anilines is 1. The molecule has 1 heterocycles. The number of likely N-dealkylation sites (tertiary alicyclic amines) is 1. The van der Waals surface area contributed by atoms with E-state index in [1.165, 1.54) is 0 Å².